The minimum Gasteiger partial charge on any atom is -0.274 e. The van der Waals surface area contributed by atoms with E-state index in [9.17, 15) is 4.79 Å². The quantitative estimate of drug-likeness (QED) is 0.382. The van der Waals surface area contributed by atoms with Crippen LogP contribution >= 0.6 is 11.6 Å². The Morgan fingerprint density at radius 2 is 1.15 bits per heavy atom. The number of hydrogen-bond donors (Lipinski definition) is 0. The number of hydrogen-bond acceptors (Lipinski definition) is 3. The molecule has 1 aromatic heterocycles. The van der Waals surface area contributed by atoms with Gasteiger partial charge in [-0.15, -0.1) is 5.10 Å². The first-order valence-electron chi connectivity index (χ1n) is 8.52. The molecule has 0 unspecified atom stereocenters. The third-order valence-electron chi connectivity index (χ3n) is 4.57. The van der Waals surface area contributed by atoms with Gasteiger partial charge in [0.15, 0.2) is 11.2 Å². The first-order chi connectivity index (χ1) is 13.2. The van der Waals surface area contributed by atoms with Gasteiger partial charge < -0.3 is 0 Å². The van der Waals surface area contributed by atoms with E-state index in [0.717, 1.165) is 16.7 Å². The van der Waals surface area contributed by atoms with Crippen LogP contribution < -0.4 is 0 Å². The molecule has 1 heterocycles. The average Bonchev–Trinajstić information content (AvgIpc) is 3.22. The van der Waals surface area contributed by atoms with Gasteiger partial charge in [0.25, 0.3) is 5.24 Å². The molecule has 5 heteroatoms. The van der Waals surface area contributed by atoms with Gasteiger partial charge in [-0.3, -0.25) is 4.79 Å². The van der Waals surface area contributed by atoms with Crippen molar-refractivity contribution in [3.8, 4) is 0 Å². The van der Waals surface area contributed by atoms with Crippen LogP contribution in [-0.2, 0) is 5.54 Å². The zero-order valence-corrected chi connectivity index (χ0v) is 15.1. The maximum atomic E-state index is 11.6. The fourth-order valence-corrected chi connectivity index (χ4v) is 3.49. The average molecular weight is 374 g/mol. The highest BCUT2D eigenvalue weighted by molar-refractivity contribution is 6.67. The molecule has 0 radical (unpaired) electrons. The summed E-state index contributed by atoms with van der Waals surface area (Å²) in [5, 5.41) is 8.24. The number of nitrogens with zero attached hydrogens (tertiary/aromatic N) is 3. The SMILES string of the molecule is O=C(Cl)c1cnn(C(c2ccccc2)(c2ccccc2)c2ccccc2)n1. The number of benzene rings is 3. The van der Waals surface area contributed by atoms with Gasteiger partial charge in [0.05, 0.1) is 6.20 Å². The minimum absolute atomic E-state index is 0.115. The van der Waals surface area contributed by atoms with Gasteiger partial charge in [-0.2, -0.15) is 9.90 Å². The second-order valence-electron chi connectivity index (χ2n) is 6.10. The standard InChI is InChI=1S/C22H16ClN3O/c23-21(27)20-16-24-26(25-20)22(17-10-4-1-5-11-17,18-12-6-2-7-13-18)19-14-8-3-9-15-19/h1-16H. The van der Waals surface area contributed by atoms with Gasteiger partial charge in [-0.05, 0) is 28.3 Å². The van der Waals surface area contributed by atoms with Crippen molar-refractivity contribution < 1.29 is 4.79 Å². The highest BCUT2D eigenvalue weighted by Crippen LogP contribution is 2.39. The summed E-state index contributed by atoms with van der Waals surface area (Å²) in [4.78, 5) is 13.2. The molecule has 0 aliphatic rings. The molecular formula is C22H16ClN3O. The third kappa shape index (κ3) is 2.94. The fraction of sp³-hybridized carbons (Fsp3) is 0.0455. The van der Waals surface area contributed by atoms with E-state index in [1.165, 1.54) is 6.20 Å². The molecule has 0 aliphatic carbocycles. The summed E-state index contributed by atoms with van der Waals surface area (Å²) in [5.41, 5.74) is 2.21. The summed E-state index contributed by atoms with van der Waals surface area (Å²) < 4.78 is 0. The summed E-state index contributed by atoms with van der Waals surface area (Å²) >= 11 is 5.65. The molecule has 0 saturated carbocycles. The van der Waals surface area contributed by atoms with E-state index >= 15 is 0 Å². The molecule has 132 valence electrons. The Morgan fingerprint density at radius 1 is 0.741 bits per heavy atom. The van der Waals surface area contributed by atoms with Crippen LogP contribution in [0.15, 0.2) is 97.2 Å². The Kier molecular flexibility index (Phi) is 4.57. The molecule has 0 bridgehead atoms. The molecule has 0 amide bonds. The molecular weight excluding hydrogens is 358 g/mol. The predicted octanol–water partition coefficient (Wildman–Crippen LogP) is 4.50. The Bertz CT molecular complexity index is 950. The number of carbonyl (C=O) groups is 1. The summed E-state index contributed by atoms with van der Waals surface area (Å²) in [6.45, 7) is 0. The Balaban J connectivity index is 2.10. The normalized spacial score (nSPS) is 11.3. The van der Waals surface area contributed by atoms with E-state index in [2.05, 4.69) is 10.2 Å². The van der Waals surface area contributed by atoms with Crippen molar-refractivity contribution in [2.24, 2.45) is 0 Å². The molecule has 0 N–H and O–H groups in total. The lowest BCUT2D eigenvalue weighted by atomic mass is 9.77. The van der Waals surface area contributed by atoms with Crippen LogP contribution in [0.1, 0.15) is 27.2 Å². The van der Waals surface area contributed by atoms with Crippen LogP contribution in [0.3, 0.4) is 0 Å². The summed E-state index contributed by atoms with van der Waals surface area (Å²) in [6.07, 6.45) is 1.40. The van der Waals surface area contributed by atoms with Gasteiger partial charge in [-0.1, -0.05) is 91.0 Å². The van der Waals surface area contributed by atoms with E-state index < -0.39 is 10.8 Å². The molecule has 0 fully saturated rings. The van der Waals surface area contributed by atoms with Crippen molar-refractivity contribution in [1.82, 2.24) is 15.0 Å². The number of carbonyl (C=O) groups excluding carboxylic acids is 1. The van der Waals surface area contributed by atoms with Crippen LogP contribution in [-0.4, -0.2) is 20.2 Å². The van der Waals surface area contributed by atoms with Crippen LogP contribution in [0.2, 0.25) is 0 Å². The molecule has 0 saturated heterocycles. The lowest BCUT2D eigenvalue weighted by Gasteiger charge is -2.34. The van der Waals surface area contributed by atoms with Gasteiger partial charge in [0.1, 0.15) is 0 Å². The van der Waals surface area contributed by atoms with Crippen molar-refractivity contribution in [1.29, 1.82) is 0 Å². The third-order valence-corrected chi connectivity index (χ3v) is 4.76. The smallest absolute Gasteiger partial charge is 0.274 e. The summed E-state index contributed by atoms with van der Waals surface area (Å²) in [6, 6.07) is 30.0. The van der Waals surface area contributed by atoms with Crippen molar-refractivity contribution >= 4 is 16.8 Å². The lowest BCUT2D eigenvalue weighted by Crippen LogP contribution is -2.39. The minimum atomic E-state index is -0.839. The van der Waals surface area contributed by atoms with Crippen molar-refractivity contribution in [3.05, 3.63) is 120 Å². The second kappa shape index (κ2) is 7.17. The lowest BCUT2D eigenvalue weighted by molar-refractivity contribution is 0.107. The van der Waals surface area contributed by atoms with Gasteiger partial charge in [0, 0.05) is 0 Å². The number of rotatable bonds is 5. The van der Waals surface area contributed by atoms with Crippen LogP contribution in [0.25, 0.3) is 0 Å². The number of halogens is 1. The van der Waals surface area contributed by atoms with E-state index in [0.29, 0.717) is 0 Å². The monoisotopic (exact) mass is 373 g/mol. The van der Waals surface area contributed by atoms with E-state index in [4.69, 9.17) is 11.6 Å². The van der Waals surface area contributed by atoms with Crippen molar-refractivity contribution in [2.45, 2.75) is 5.54 Å². The predicted molar refractivity (Wildman–Crippen MR) is 105 cm³/mol. The zero-order valence-electron chi connectivity index (χ0n) is 14.4. The Labute approximate surface area is 162 Å². The number of aromatic nitrogens is 3. The fourth-order valence-electron chi connectivity index (χ4n) is 3.40. The first-order valence-corrected chi connectivity index (χ1v) is 8.90. The highest BCUT2D eigenvalue weighted by Gasteiger charge is 2.40. The van der Waals surface area contributed by atoms with Crippen molar-refractivity contribution in [3.63, 3.8) is 0 Å². The molecule has 4 rings (SSSR count). The van der Waals surface area contributed by atoms with Gasteiger partial charge in [0.2, 0.25) is 0 Å². The zero-order chi connectivity index (χ0) is 18.7. The molecule has 0 aliphatic heterocycles. The summed E-state index contributed by atoms with van der Waals surface area (Å²) in [5.74, 6) is 0. The van der Waals surface area contributed by atoms with Crippen LogP contribution in [0, 0.1) is 0 Å². The molecule has 4 aromatic rings. The van der Waals surface area contributed by atoms with Crippen molar-refractivity contribution in [2.75, 3.05) is 0 Å². The van der Waals surface area contributed by atoms with Crippen LogP contribution in [0.4, 0.5) is 0 Å². The molecule has 0 atom stereocenters. The highest BCUT2D eigenvalue weighted by atomic mass is 35.5. The summed E-state index contributed by atoms with van der Waals surface area (Å²) in [7, 11) is 0. The van der Waals surface area contributed by atoms with Gasteiger partial charge in [-0.25, -0.2) is 0 Å². The Hall–Kier alpha value is -3.24. The van der Waals surface area contributed by atoms with Crippen LogP contribution in [0.5, 0.6) is 0 Å². The topological polar surface area (TPSA) is 47.8 Å². The molecule has 4 nitrogen and oxygen atoms in total. The molecule has 3 aromatic carbocycles. The largest absolute Gasteiger partial charge is 0.274 e. The first kappa shape index (κ1) is 17.2. The van der Waals surface area contributed by atoms with E-state index in [1.54, 1.807) is 4.80 Å². The second-order valence-corrected chi connectivity index (χ2v) is 6.44. The maximum Gasteiger partial charge on any atom is 0.274 e. The molecule has 27 heavy (non-hydrogen) atoms. The van der Waals surface area contributed by atoms with Gasteiger partial charge >= 0.3 is 0 Å². The maximum absolute atomic E-state index is 11.6. The molecule has 0 spiro atoms. The Morgan fingerprint density at radius 3 is 1.48 bits per heavy atom. The van der Waals surface area contributed by atoms with E-state index in [1.807, 2.05) is 91.0 Å². The van der Waals surface area contributed by atoms with E-state index in [-0.39, 0.29) is 5.69 Å².